The minimum Gasteiger partial charge on any atom is -0.302 e. The van der Waals surface area contributed by atoms with Crippen molar-refractivity contribution >= 4 is 52.2 Å². The van der Waals surface area contributed by atoms with Crippen LogP contribution in [0.1, 0.15) is 15.2 Å². The number of thiophene rings is 1. The highest BCUT2D eigenvalue weighted by Crippen LogP contribution is 2.10. The van der Waals surface area contributed by atoms with Crippen molar-refractivity contribution in [1.29, 1.82) is 0 Å². The summed E-state index contributed by atoms with van der Waals surface area (Å²) in [5.74, 6) is -0.152. The second kappa shape index (κ2) is 6.66. The summed E-state index contributed by atoms with van der Waals surface area (Å²) < 4.78 is 2.74. The van der Waals surface area contributed by atoms with Crippen molar-refractivity contribution in [2.75, 3.05) is 0 Å². The maximum atomic E-state index is 12.3. The Labute approximate surface area is 145 Å². The number of nitrogens with zero attached hydrogens (tertiary/aromatic N) is 1. The van der Waals surface area contributed by atoms with Crippen molar-refractivity contribution in [2.24, 2.45) is 7.05 Å². The number of rotatable bonds is 3. The number of aromatic nitrogens is 1. The van der Waals surface area contributed by atoms with E-state index in [1.807, 2.05) is 23.6 Å². The van der Waals surface area contributed by atoms with Crippen LogP contribution in [0.5, 0.6) is 0 Å². The number of hydrogen-bond donors (Lipinski definition) is 0. The second-order valence-corrected chi connectivity index (χ2v) is 7.32. The quantitative estimate of drug-likeness (QED) is 0.673. The van der Waals surface area contributed by atoms with E-state index in [0.717, 1.165) is 4.88 Å². The fourth-order valence-corrected chi connectivity index (χ4v) is 3.90. The molecule has 1 aromatic carbocycles. The van der Waals surface area contributed by atoms with Gasteiger partial charge in [-0.15, -0.1) is 22.7 Å². The van der Waals surface area contributed by atoms with E-state index in [1.165, 1.54) is 22.0 Å². The smallest absolute Gasteiger partial charge is 0.268 e. The first kappa shape index (κ1) is 15.9. The molecule has 0 saturated heterocycles. The average molecular weight is 362 g/mol. The third-order valence-electron chi connectivity index (χ3n) is 3.26. The lowest BCUT2D eigenvalue weighted by atomic mass is 10.1. The van der Waals surface area contributed by atoms with Gasteiger partial charge in [0.1, 0.15) is 4.66 Å². The molecule has 3 nitrogen and oxygen atoms in total. The normalized spacial score (nSPS) is 12.8. The summed E-state index contributed by atoms with van der Waals surface area (Å²) in [5.41, 5.74) is 0.442. The molecule has 0 amide bonds. The lowest BCUT2D eigenvalue weighted by Crippen LogP contribution is -2.29. The van der Waals surface area contributed by atoms with Crippen molar-refractivity contribution in [1.82, 2.24) is 4.57 Å². The van der Waals surface area contributed by atoms with E-state index < -0.39 is 0 Å². The molecule has 116 valence electrons. The topological polar surface area (TPSA) is 39.1 Å². The lowest BCUT2D eigenvalue weighted by molar-refractivity contribution is 0.106. The van der Waals surface area contributed by atoms with Crippen LogP contribution >= 0.6 is 34.3 Å². The molecule has 0 fully saturated rings. The molecule has 0 spiro atoms. The number of Topliss-reactive ketones (excluding diaryl/α,β-unsaturated/α-hetero) is 1. The highest BCUT2D eigenvalue weighted by atomic mass is 35.5. The molecule has 0 aliphatic carbocycles. The van der Waals surface area contributed by atoms with E-state index in [-0.39, 0.29) is 11.3 Å². The molecule has 2 aromatic heterocycles. The summed E-state index contributed by atoms with van der Waals surface area (Å²) in [7, 11) is 1.67. The van der Waals surface area contributed by atoms with Crippen molar-refractivity contribution < 1.29 is 4.79 Å². The minimum atomic E-state index is -0.152. The van der Waals surface area contributed by atoms with Crippen LogP contribution in [0.15, 0.2) is 46.6 Å². The third kappa shape index (κ3) is 3.52. The zero-order valence-electron chi connectivity index (χ0n) is 12.2. The van der Waals surface area contributed by atoms with Crippen molar-refractivity contribution in [3.63, 3.8) is 0 Å². The molecule has 6 heteroatoms. The third-order valence-corrected chi connectivity index (χ3v) is 5.44. The Morgan fingerprint density at radius 1 is 1.22 bits per heavy atom. The Hall–Kier alpha value is -1.95. The highest BCUT2D eigenvalue weighted by molar-refractivity contribution is 7.11. The van der Waals surface area contributed by atoms with E-state index >= 15 is 0 Å². The predicted molar refractivity (Wildman–Crippen MR) is 96.9 cm³/mol. The van der Waals surface area contributed by atoms with Crippen LogP contribution in [0.2, 0.25) is 5.02 Å². The Kier molecular flexibility index (Phi) is 4.61. The monoisotopic (exact) mass is 361 g/mol. The Morgan fingerprint density at radius 3 is 2.61 bits per heavy atom. The van der Waals surface area contributed by atoms with E-state index in [0.29, 0.717) is 19.8 Å². The molecule has 0 atom stereocenters. The number of carbonyl (C=O) groups is 1. The number of benzene rings is 1. The van der Waals surface area contributed by atoms with Gasteiger partial charge in [0, 0.05) is 28.6 Å². The van der Waals surface area contributed by atoms with Crippen LogP contribution in [-0.2, 0) is 7.05 Å². The number of hydrogen-bond acceptors (Lipinski definition) is 4. The van der Waals surface area contributed by atoms with Crippen molar-refractivity contribution in [3.05, 3.63) is 76.8 Å². The summed E-state index contributed by atoms with van der Waals surface area (Å²) in [5, 5.41) is 2.54. The maximum absolute atomic E-state index is 12.3. The standard InChI is InChI=1S/C17H12ClNO2S2/c1-19-16(10-14(20)11-4-6-12(18)7-5-11)23-15(17(19)21)9-13-3-2-8-22-13/h2-10H,1H3/b15-9+,16-10-. The van der Waals surface area contributed by atoms with Gasteiger partial charge in [-0.3, -0.25) is 9.59 Å². The molecule has 0 saturated carbocycles. The molecule has 0 aliphatic heterocycles. The molecule has 0 aliphatic rings. The van der Waals surface area contributed by atoms with Crippen LogP contribution < -0.4 is 14.8 Å². The van der Waals surface area contributed by atoms with Gasteiger partial charge in [0.15, 0.2) is 5.78 Å². The molecular formula is C17H12ClNO2S2. The molecule has 3 rings (SSSR count). The van der Waals surface area contributed by atoms with Crippen LogP contribution in [0.4, 0.5) is 0 Å². The van der Waals surface area contributed by atoms with E-state index in [4.69, 9.17) is 11.6 Å². The Morgan fingerprint density at radius 2 is 1.96 bits per heavy atom. The van der Waals surface area contributed by atoms with Gasteiger partial charge in [-0.1, -0.05) is 17.7 Å². The highest BCUT2D eigenvalue weighted by Gasteiger charge is 2.05. The molecule has 0 radical (unpaired) electrons. The first-order chi connectivity index (χ1) is 11.0. The van der Waals surface area contributed by atoms with Gasteiger partial charge in [0.2, 0.25) is 0 Å². The molecule has 3 aromatic rings. The SMILES string of the molecule is Cn1c(=O)/c(=C\c2cccs2)s/c1=C\C(=O)c1ccc(Cl)cc1. The van der Waals surface area contributed by atoms with Crippen LogP contribution in [0, 0.1) is 0 Å². The Balaban J connectivity index is 2.05. The number of thiazole rings is 1. The zero-order chi connectivity index (χ0) is 16.4. The fourth-order valence-electron chi connectivity index (χ4n) is 2.02. The molecule has 2 heterocycles. The zero-order valence-corrected chi connectivity index (χ0v) is 14.5. The van der Waals surface area contributed by atoms with Gasteiger partial charge in [-0.05, 0) is 41.8 Å². The molecule has 0 unspecified atom stereocenters. The van der Waals surface area contributed by atoms with Gasteiger partial charge in [0.05, 0.1) is 4.53 Å². The summed E-state index contributed by atoms with van der Waals surface area (Å²) in [6.45, 7) is 0. The second-order valence-electron chi connectivity index (χ2n) is 4.84. The van der Waals surface area contributed by atoms with Crippen LogP contribution in [0.3, 0.4) is 0 Å². The first-order valence-electron chi connectivity index (χ1n) is 6.77. The van der Waals surface area contributed by atoms with Crippen LogP contribution in [0.25, 0.3) is 12.2 Å². The van der Waals surface area contributed by atoms with Gasteiger partial charge in [0.25, 0.3) is 5.56 Å². The van der Waals surface area contributed by atoms with E-state index in [2.05, 4.69) is 0 Å². The van der Waals surface area contributed by atoms with Gasteiger partial charge >= 0.3 is 0 Å². The number of ketones is 1. The fraction of sp³-hybridized carbons (Fsp3) is 0.0588. The van der Waals surface area contributed by atoms with Crippen molar-refractivity contribution in [3.8, 4) is 0 Å². The number of halogens is 1. The van der Waals surface area contributed by atoms with Gasteiger partial charge < -0.3 is 4.57 Å². The molecule has 0 N–H and O–H groups in total. The Bertz CT molecular complexity index is 1010. The first-order valence-corrected chi connectivity index (χ1v) is 8.85. The number of carbonyl (C=O) groups excluding carboxylic acids is 1. The molecular weight excluding hydrogens is 350 g/mol. The summed E-state index contributed by atoms with van der Waals surface area (Å²) in [6.07, 6.45) is 3.34. The van der Waals surface area contributed by atoms with E-state index in [9.17, 15) is 9.59 Å². The largest absolute Gasteiger partial charge is 0.302 e. The minimum absolute atomic E-state index is 0.0986. The summed E-state index contributed by atoms with van der Waals surface area (Å²) in [4.78, 5) is 25.6. The van der Waals surface area contributed by atoms with Crippen LogP contribution in [-0.4, -0.2) is 10.4 Å². The predicted octanol–water partition coefficient (Wildman–Crippen LogP) is 2.65. The maximum Gasteiger partial charge on any atom is 0.268 e. The van der Waals surface area contributed by atoms with Gasteiger partial charge in [-0.2, -0.15) is 0 Å². The molecule has 23 heavy (non-hydrogen) atoms. The lowest BCUT2D eigenvalue weighted by Gasteiger charge is -1.95. The average Bonchev–Trinajstić information content (AvgIpc) is 3.13. The summed E-state index contributed by atoms with van der Waals surface area (Å²) >= 11 is 8.70. The van der Waals surface area contributed by atoms with Gasteiger partial charge in [-0.25, -0.2) is 0 Å². The van der Waals surface area contributed by atoms with Crippen molar-refractivity contribution in [2.45, 2.75) is 0 Å². The molecule has 0 bridgehead atoms. The summed E-state index contributed by atoms with van der Waals surface area (Å²) in [6, 6.07) is 10.6. The van der Waals surface area contributed by atoms with E-state index in [1.54, 1.807) is 42.6 Å².